The van der Waals surface area contributed by atoms with Crippen LogP contribution in [0.4, 0.5) is 0 Å². The summed E-state index contributed by atoms with van der Waals surface area (Å²) < 4.78 is 5.48. The molecule has 2 fully saturated rings. The predicted molar refractivity (Wildman–Crippen MR) is 74.1 cm³/mol. The molecule has 0 amide bonds. The van der Waals surface area contributed by atoms with Gasteiger partial charge in [-0.25, -0.2) is 4.79 Å². The number of rotatable bonds is 4. The molecule has 1 aliphatic carbocycles. The molecule has 0 aromatic heterocycles. The van der Waals surface area contributed by atoms with Crippen molar-refractivity contribution in [3.8, 4) is 0 Å². The Morgan fingerprint density at radius 2 is 2.00 bits per heavy atom. The van der Waals surface area contributed by atoms with Gasteiger partial charge in [0.25, 0.3) is 0 Å². The maximum absolute atomic E-state index is 10.6. The van der Waals surface area contributed by atoms with Crippen LogP contribution in [0.5, 0.6) is 0 Å². The summed E-state index contributed by atoms with van der Waals surface area (Å²) in [5, 5.41) is 8.67. The molecule has 0 aromatic rings. The highest BCUT2D eigenvalue weighted by molar-refractivity contribution is 5.68. The lowest BCUT2D eigenvalue weighted by atomic mass is 9.69. The van der Waals surface area contributed by atoms with Crippen molar-refractivity contribution in [2.45, 2.75) is 58.6 Å². The van der Waals surface area contributed by atoms with Crippen LogP contribution >= 0.6 is 0 Å². The summed E-state index contributed by atoms with van der Waals surface area (Å²) in [6, 6.07) is 0.648. The minimum atomic E-state index is -0.882. The summed E-state index contributed by atoms with van der Waals surface area (Å²) in [5.74, 6) is -0.166. The van der Waals surface area contributed by atoms with E-state index in [4.69, 9.17) is 9.84 Å². The molecule has 2 aliphatic rings. The van der Waals surface area contributed by atoms with Crippen LogP contribution in [0.25, 0.3) is 0 Å². The highest BCUT2D eigenvalue weighted by atomic mass is 16.5. The molecule has 0 aromatic carbocycles. The van der Waals surface area contributed by atoms with Crippen molar-refractivity contribution in [1.82, 2.24) is 4.90 Å². The number of carboxylic acids is 1. The molecule has 1 saturated carbocycles. The van der Waals surface area contributed by atoms with Crippen LogP contribution in [-0.4, -0.2) is 47.3 Å². The standard InChI is InChI=1S/C15H27NO3/c1-11-7-14(2,3)6-5-12(11)16-9-15(4,10-16)19-8-13(17)18/h11-12H,5-10H2,1-4H3,(H,17,18). The zero-order chi connectivity index (χ0) is 14.3. The Morgan fingerprint density at radius 3 is 2.53 bits per heavy atom. The molecule has 1 saturated heterocycles. The highest BCUT2D eigenvalue weighted by Crippen LogP contribution is 2.42. The molecule has 1 heterocycles. The summed E-state index contributed by atoms with van der Waals surface area (Å²) >= 11 is 0. The molecule has 2 unspecified atom stereocenters. The number of nitrogens with zero attached hydrogens (tertiary/aromatic N) is 1. The Kier molecular flexibility index (Phi) is 3.94. The van der Waals surface area contributed by atoms with Gasteiger partial charge in [0.2, 0.25) is 0 Å². The quantitative estimate of drug-likeness (QED) is 0.851. The van der Waals surface area contributed by atoms with Crippen molar-refractivity contribution in [3.05, 3.63) is 0 Å². The summed E-state index contributed by atoms with van der Waals surface area (Å²) in [6.45, 7) is 10.6. The van der Waals surface area contributed by atoms with E-state index in [0.717, 1.165) is 13.1 Å². The molecule has 0 bridgehead atoms. The van der Waals surface area contributed by atoms with Crippen molar-refractivity contribution in [3.63, 3.8) is 0 Å². The van der Waals surface area contributed by atoms with Crippen LogP contribution in [-0.2, 0) is 9.53 Å². The first-order valence-electron chi connectivity index (χ1n) is 7.31. The van der Waals surface area contributed by atoms with Crippen molar-refractivity contribution in [2.24, 2.45) is 11.3 Å². The Balaban J connectivity index is 1.82. The molecule has 1 N–H and O–H groups in total. The van der Waals surface area contributed by atoms with Crippen LogP contribution in [0.1, 0.15) is 47.0 Å². The first kappa shape index (κ1) is 14.8. The number of hydrogen-bond donors (Lipinski definition) is 1. The minimum Gasteiger partial charge on any atom is -0.480 e. The molecule has 2 rings (SSSR count). The number of ether oxygens (including phenoxy) is 1. The van der Waals surface area contributed by atoms with E-state index in [9.17, 15) is 4.79 Å². The number of likely N-dealkylation sites (tertiary alicyclic amines) is 1. The molecule has 110 valence electrons. The second-order valence-electron chi connectivity index (χ2n) is 7.49. The molecular weight excluding hydrogens is 242 g/mol. The van der Waals surface area contributed by atoms with E-state index in [2.05, 4.69) is 25.7 Å². The lowest BCUT2D eigenvalue weighted by Gasteiger charge is -2.54. The van der Waals surface area contributed by atoms with Gasteiger partial charge in [-0.3, -0.25) is 4.90 Å². The average Bonchev–Trinajstić information content (AvgIpc) is 2.22. The fourth-order valence-corrected chi connectivity index (χ4v) is 3.85. The van der Waals surface area contributed by atoms with E-state index in [1.165, 1.54) is 19.3 Å². The van der Waals surface area contributed by atoms with Gasteiger partial charge in [0, 0.05) is 19.1 Å². The van der Waals surface area contributed by atoms with Gasteiger partial charge >= 0.3 is 5.97 Å². The molecule has 1 aliphatic heterocycles. The molecule has 4 heteroatoms. The lowest BCUT2D eigenvalue weighted by molar-refractivity contribution is -0.175. The second kappa shape index (κ2) is 5.06. The van der Waals surface area contributed by atoms with Gasteiger partial charge in [0.15, 0.2) is 0 Å². The largest absolute Gasteiger partial charge is 0.480 e. The highest BCUT2D eigenvalue weighted by Gasteiger charge is 2.46. The van der Waals surface area contributed by atoms with E-state index in [1.807, 2.05) is 6.92 Å². The molecular formula is C15H27NO3. The summed E-state index contributed by atoms with van der Waals surface area (Å²) in [7, 11) is 0. The fourth-order valence-electron chi connectivity index (χ4n) is 3.85. The SMILES string of the molecule is CC1CC(C)(C)CCC1N1CC(C)(OCC(=O)O)C1. The summed E-state index contributed by atoms with van der Waals surface area (Å²) in [4.78, 5) is 13.0. The van der Waals surface area contributed by atoms with Crippen molar-refractivity contribution < 1.29 is 14.6 Å². The van der Waals surface area contributed by atoms with Crippen LogP contribution in [0.2, 0.25) is 0 Å². The third kappa shape index (κ3) is 3.48. The van der Waals surface area contributed by atoms with Crippen molar-refractivity contribution >= 4 is 5.97 Å². The van der Waals surface area contributed by atoms with Gasteiger partial charge < -0.3 is 9.84 Å². The third-order valence-electron chi connectivity index (χ3n) is 4.74. The van der Waals surface area contributed by atoms with E-state index in [0.29, 0.717) is 17.4 Å². The minimum absolute atomic E-state index is 0.183. The van der Waals surface area contributed by atoms with E-state index in [1.54, 1.807) is 0 Å². The van der Waals surface area contributed by atoms with Gasteiger partial charge in [-0.1, -0.05) is 20.8 Å². The number of hydrogen-bond acceptors (Lipinski definition) is 3. The monoisotopic (exact) mass is 269 g/mol. The smallest absolute Gasteiger partial charge is 0.329 e. The van der Waals surface area contributed by atoms with Gasteiger partial charge in [0.1, 0.15) is 6.61 Å². The third-order valence-corrected chi connectivity index (χ3v) is 4.74. The fraction of sp³-hybridized carbons (Fsp3) is 0.933. The first-order valence-corrected chi connectivity index (χ1v) is 7.31. The van der Waals surface area contributed by atoms with Crippen molar-refractivity contribution in [1.29, 1.82) is 0 Å². The zero-order valence-corrected chi connectivity index (χ0v) is 12.6. The van der Waals surface area contributed by atoms with Gasteiger partial charge in [-0.05, 0) is 37.5 Å². The van der Waals surface area contributed by atoms with Gasteiger partial charge in [-0.15, -0.1) is 0 Å². The number of carbonyl (C=O) groups is 1. The van der Waals surface area contributed by atoms with Crippen LogP contribution in [0.3, 0.4) is 0 Å². The Bertz CT molecular complexity index is 347. The first-order chi connectivity index (χ1) is 8.71. The van der Waals surface area contributed by atoms with Crippen LogP contribution in [0.15, 0.2) is 0 Å². The molecule has 19 heavy (non-hydrogen) atoms. The summed E-state index contributed by atoms with van der Waals surface area (Å²) in [5.41, 5.74) is 0.217. The normalized spacial score (nSPS) is 33.7. The van der Waals surface area contributed by atoms with E-state index in [-0.39, 0.29) is 12.2 Å². The Morgan fingerprint density at radius 1 is 1.37 bits per heavy atom. The summed E-state index contributed by atoms with van der Waals surface area (Å²) in [6.07, 6.45) is 3.81. The Hall–Kier alpha value is -0.610. The van der Waals surface area contributed by atoms with Crippen LogP contribution < -0.4 is 0 Å². The van der Waals surface area contributed by atoms with Crippen molar-refractivity contribution in [2.75, 3.05) is 19.7 Å². The van der Waals surface area contributed by atoms with Gasteiger partial charge in [-0.2, -0.15) is 0 Å². The predicted octanol–water partition coefficient (Wildman–Crippen LogP) is 2.38. The van der Waals surface area contributed by atoms with Gasteiger partial charge in [0.05, 0.1) is 5.60 Å². The topological polar surface area (TPSA) is 49.8 Å². The maximum atomic E-state index is 10.6. The van der Waals surface area contributed by atoms with Crippen LogP contribution in [0, 0.1) is 11.3 Å². The Labute approximate surface area is 116 Å². The maximum Gasteiger partial charge on any atom is 0.329 e. The van der Waals surface area contributed by atoms with E-state index < -0.39 is 5.97 Å². The molecule has 0 radical (unpaired) electrons. The zero-order valence-electron chi connectivity index (χ0n) is 12.6. The molecule has 4 nitrogen and oxygen atoms in total. The number of aliphatic carboxylic acids is 1. The lowest BCUT2D eigenvalue weighted by Crippen LogP contribution is -2.66. The molecule has 0 spiro atoms. The average molecular weight is 269 g/mol. The molecule has 2 atom stereocenters. The number of carboxylic acid groups (broad SMARTS) is 1. The second-order valence-corrected chi connectivity index (χ2v) is 7.49. The van der Waals surface area contributed by atoms with E-state index >= 15 is 0 Å².